The summed E-state index contributed by atoms with van der Waals surface area (Å²) in [7, 11) is -4.49. The zero-order chi connectivity index (χ0) is 26.0. The van der Waals surface area contributed by atoms with Gasteiger partial charge in [0.15, 0.2) is 17.4 Å². The number of nitrogens with one attached hydrogen (secondary N) is 1. The van der Waals surface area contributed by atoms with Gasteiger partial charge >= 0.3 is 0 Å². The van der Waals surface area contributed by atoms with Gasteiger partial charge in [-0.05, 0) is 35.9 Å². The fourth-order valence-corrected chi connectivity index (χ4v) is 4.62. The monoisotopic (exact) mass is 539 g/mol. The molecule has 36 heavy (non-hydrogen) atoms. The summed E-state index contributed by atoms with van der Waals surface area (Å²) in [5, 5.41) is -0.215. The van der Waals surface area contributed by atoms with Crippen molar-refractivity contribution in [1.29, 1.82) is 0 Å². The van der Waals surface area contributed by atoms with E-state index in [1.807, 2.05) is 0 Å². The molecule has 0 saturated carbocycles. The molecule has 0 aliphatic heterocycles. The third-order valence-corrected chi connectivity index (χ3v) is 6.23. The van der Waals surface area contributed by atoms with Crippen LogP contribution >= 0.6 is 11.6 Å². The Morgan fingerprint density at radius 2 is 1.78 bits per heavy atom. The average Bonchev–Trinajstić information content (AvgIpc) is 2.82. The number of nitrogen functional groups attached to an aromatic ring is 1. The Bertz CT molecular complexity index is 1570. The van der Waals surface area contributed by atoms with E-state index >= 15 is 0 Å². The molecule has 4 aromatic rings. The number of ether oxygens (including phenoxy) is 1. The molecule has 0 fully saturated rings. The van der Waals surface area contributed by atoms with Crippen LogP contribution in [0.5, 0.6) is 11.6 Å². The van der Waals surface area contributed by atoms with Gasteiger partial charge in [-0.2, -0.15) is 4.39 Å². The van der Waals surface area contributed by atoms with Gasteiger partial charge in [0.1, 0.15) is 11.5 Å². The molecule has 0 radical (unpaired) electrons. The summed E-state index contributed by atoms with van der Waals surface area (Å²) in [6.07, 6.45) is 2.64. The minimum Gasteiger partial charge on any atom is -0.435 e. The highest BCUT2D eigenvalue weighted by atomic mass is 35.5. The van der Waals surface area contributed by atoms with Crippen LogP contribution in [0.2, 0.25) is 5.02 Å². The number of benzene rings is 2. The summed E-state index contributed by atoms with van der Waals surface area (Å²) in [6, 6.07) is 7.86. The third-order valence-electron chi connectivity index (χ3n) is 4.67. The summed E-state index contributed by atoms with van der Waals surface area (Å²) in [5.41, 5.74) is 4.71. The van der Waals surface area contributed by atoms with Crippen molar-refractivity contribution < 1.29 is 30.7 Å². The maximum atomic E-state index is 14.8. The van der Waals surface area contributed by atoms with Crippen LogP contribution in [-0.2, 0) is 15.8 Å². The molecule has 0 aliphatic carbocycles. The molecule has 0 bridgehead atoms. The Labute approximate surface area is 206 Å². The summed E-state index contributed by atoms with van der Waals surface area (Å²) in [4.78, 5) is 11.7. The predicted octanol–water partition coefficient (Wildman–Crippen LogP) is 5.06. The first-order chi connectivity index (χ1) is 17.0. The van der Waals surface area contributed by atoms with E-state index in [0.29, 0.717) is 6.07 Å². The molecule has 186 valence electrons. The van der Waals surface area contributed by atoms with Crippen molar-refractivity contribution in [2.24, 2.45) is 0 Å². The van der Waals surface area contributed by atoms with E-state index in [4.69, 9.17) is 22.1 Å². The zero-order valence-electron chi connectivity index (χ0n) is 17.8. The standard InChI is InChI=1S/C22H14ClF4N5O3S/c23-14-8-12(24)4-3-11(14)10-36(33,34)32-20-15(25)9-17(18(26)19(20)27)35-21-13(2-1-6-29-21)16-5-7-30-22(28)31-16/h1-9,32H,10H2,(H2,28,30,31). The largest absolute Gasteiger partial charge is 0.435 e. The molecule has 14 heteroatoms. The first kappa shape index (κ1) is 25.1. The topological polar surface area (TPSA) is 120 Å². The second-order valence-corrected chi connectivity index (χ2v) is 9.34. The van der Waals surface area contributed by atoms with E-state index < -0.39 is 50.5 Å². The molecule has 8 nitrogen and oxygen atoms in total. The molecule has 0 unspecified atom stereocenters. The molecule has 2 aromatic carbocycles. The second kappa shape index (κ2) is 9.95. The van der Waals surface area contributed by atoms with Crippen molar-refractivity contribution in [3.05, 3.63) is 88.7 Å². The molecule has 2 aromatic heterocycles. The number of rotatable bonds is 7. The van der Waals surface area contributed by atoms with Crippen molar-refractivity contribution in [2.45, 2.75) is 5.75 Å². The molecule has 0 atom stereocenters. The number of nitrogens with zero attached hydrogens (tertiary/aromatic N) is 3. The van der Waals surface area contributed by atoms with Gasteiger partial charge in [-0.25, -0.2) is 36.5 Å². The third kappa shape index (κ3) is 5.47. The normalized spacial score (nSPS) is 11.4. The Balaban J connectivity index is 1.64. The number of hydrogen-bond acceptors (Lipinski definition) is 7. The number of pyridine rings is 1. The van der Waals surface area contributed by atoms with Gasteiger partial charge in [0.05, 0.1) is 17.0 Å². The van der Waals surface area contributed by atoms with E-state index in [2.05, 4.69) is 15.0 Å². The lowest BCUT2D eigenvalue weighted by Gasteiger charge is -2.14. The highest BCUT2D eigenvalue weighted by molar-refractivity contribution is 7.91. The van der Waals surface area contributed by atoms with Crippen molar-refractivity contribution in [2.75, 3.05) is 10.5 Å². The first-order valence-corrected chi connectivity index (χ1v) is 11.9. The van der Waals surface area contributed by atoms with E-state index in [-0.39, 0.29) is 33.7 Å². The molecule has 0 saturated heterocycles. The van der Waals surface area contributed by atoms with Crippen LogP contribution < -0.4 is 15.2 Å². The number of hydrogen-bond donors (Lipinski definition) is 2. The van der Waals surface area contributed by atoms with Crippen molar-refractivity contribution in [3.8, 4) is 22.9 Å². The van der Waals surface area contributed by atoms with Crippen LogP contribution in [0.15, 0.2) is 54.9 Å². The van der Waals surface area contributed by atoms with Gasteiger partial charge in [0.25, 0.3) is 0 Å². The lowest BCUT2D eigenvalue weighted by molar-refractivity contribution is 0.401. The summed E-state index contributed by atoms with van der Waals surface area (Å²) < 4.78 is 89.3. The molecule has 3 N–H and O–H groups in total. The molecule has 0 amide bonds. The quantitative estimate of drug-likeness (QED) is 0.249. The van der Waals surface area contributed by atoms with Crippen LogP contribution in [0.25, 0.3) is 11.3 Å². The summed E-state index contributed by atoms with van der Waals surface area (Å²) in [5.74, 6) is -7.81. The minimum absolute atomic E-state index is 0.0418. The number of aromatic nitrogens is 3. The van der Waals surface area contributed by atoms with Crippen LogP contribution in [-0.4, -0.2) is 23.4 Å². The molecule has 0 aliphatic rings. The van der Waals surface area contributed by atoms with Crippen molar-refractivity contribution in [1.82, 2.24) is 15.0 Å². The maximum absolute atomic E-state index is 14.8. The average molecular weight is 540 g/mol. The van der Waals surface area contributed by atoms with Crippen LogP contribution in [0.3, 0.4) is 0 Å². The minimum atomic E-state index is -4.49. The second-order valence-electron chi connectivity index (χ2n) is 7.21. The maximum Gasteiger partial charge on any atom is 0.237 e. The van der Waals surface area contributed by atoms with E-state index in [1.54, 1.807) is 4.72 Å². The Morgan fingerprint density at radius 3 is 2.50 bits per heavy atom. The molecule has 0 spiro atoms. The number of sulfonamides is 1. The van der Waals surface area contributed by atoms with Crippen molar-refractivity contribution in [3.63, 3.8) is 0 Å². The van der Waals surface area contributed by atoms with Gasteiger partial charge < -0.3 is 10.5 Å². The Hall–Kier alpha value is -3.97. The van der Waals surface area contributed by atoms with E-state index in [9.17, 15) is 26.0 Å². The van der Waals surface area contributed by atoms with Gasteiger partial charge in [-0.1, -0.05) is 17.7 Å². The number of anilines is 2. The SMILES string of the molecule is Nc1nccc(-c2cccnc2Oc2cc(F)c(NS(=O)(=O)Cc3ccc(F)cc3Cl)c(F)c2F)n1. The van der Waals surface area contributed by atoms with E-state index in [1.165, 1.54) is 30.6 Å². The fraction of sp³-hybridized carbons (Fsp3) is 0.0455. The van der Waals surface area contributed by atoms with Crippen molar-refractivity contribution >= 4 is 33.3 Å². The molecule has 2 heterocycles. The Kier molecular flexibility index (Phi) is 6.95. The summed E-state index contributed by atoms with van der Waals surface area (Å²) in [6.45, 7) is 0. The van der Waals surface area contributed by atoms with Gasteiger partial charge in [0.2, 0.25) is 27.7 Å². The lowest BCUT2D eigenvalue weighted by Crippen LogP contribution is -2.18. The molecule has 4 rings (SSSR count). The van der Waals surface area contributed by atoms with Gasteiger partial charge in [-0.3, -0.25) is 4.72 Å². The van der Waals surface area contributed by atoms with Crippen LogP contribution in [0.1, 0.15) is 5.56 Å². The smallest absolute Gasteiger partial charge is 0.237 e. The number of halogens is 5. The number of nitrogens with two attached hydrogens (primary N) is 1. The zero-order valence-corrected chi connectivity index (χ0v) is 19.4. The summed E-state index contributed by atoms with van der Waals surface area (Å²) >= 11 is 5.81. The van der Waals surface area contributed by atoms with Gasteiger partial charge in [-0.15, -0.1) is 0 Å². The Morgan fingerprint density at radius 1 is 1.00 bits per heavy atom. The predicted molar refractivity (Wildman–Crippen MR) is 124 cm³/mol. The van der Waals surface area contributed by atoms with E-state index in [0.717, 1.165) is 18.2 Å². The highest BCUT2D eigenvalue weighted by Gasteiger charge is 2.25. The highest BCUT2D eigenvalue weighted by Crippen LogP contribution is 2.36. The lowest BCUT2D eigenvalue weighted by atomic mass is 10.2. The fourth-order valence-electron chi connectivity index (χ4n) is 3.07. The first-order valence-electron chi connectivity index (χ1n) is 9.88. The van der Waals surface area contributed by atoms with Crippen LogP contribution in [0, 0.1) is 23.3 Å². The van der Waals surface area contributed by atoms with Crippen LogP contribution in [0.4, 0.5) is 29.2 Å². The molecular formula is C22H14ClF4N5O3S. The van der Waals surface area contributed by atoms with Gasteiger partial charge in [0, 0.05) is 23.5 Å². The molecular weight excluding hydrogens is 526 g/mol.